The molecule has 0 saturated heterocycles. The highest BCUT2D eigenvalue weighted by molar-refractivity contribution is 5.47. The zero-order valence-electron chi connectivity index (χ0n) is 9.47. The highest BCUT2D eigenvalue weighted by Crippen LogP contribution is 2.20. The van der Waals surface area contributed by atoms with Gasteiger partial charge in [0.25, 0.3) is 0 Å². The molecule has 3 N–H and O–H groups in total. The fourth-order valence-electron chi connectivity index (χ4n) is 1.57. The Bertz CT molecular complexity index is 433. The number of nitrogens with zero attached hydrogens (tertiary/aromatic N) is 2. The second-order valence-electron chi connectivity index (χ2n) is 4.28. The van der Waals surface area contributed by atoms with E-state index in [1.165, 1.54) is 0 Å². The SMILES string of the molecule is CC(C)C[C@H](N)c1nc(-c2ccc[nH]2)no1. The largest absolute Gasteiger partial charge is 0.359 e. The molecular formula is C11H16N4O. The van der Waals surface area contributed by atoms with Gasteiger partial charge in [0.2, 0.25) is 11.7 Å². The maximum atomic E-state index is 5.96. The van der Waals surface area contributed by atoms with Crippen molar-refractivity contribution >= 4 is 0 Å². The maximum Gasteiger partial charge on any atom is 0.243 e. The predicted molar refractivity (Wildman–Crippen MR) is 60.5 cm³/mol. The minimum absolute atomic E-state index is 0.184. The van der Waals surface area contributed by atoms with Gasteiger partial charge in [-0.3, -0.25) is 0 Å². The minimum Gasteiger partial charge on any atom is -0.359 e. The molecule has 5 nitrogen and oxygen atoms in total. The zero-order valence-corrected chi connectivity index (χ0v) is 9.47. The Hall–Kier alpha value is -1.62. The van der Waals surface area contributed by atoms with Crippen LogP contribution in [0.2, 0.25) is 0 Å². The van der Waals surface area contributed by atoms with E-state index in [1.807, 2.05) is 18.3 Å². The van der Waals surface area contributed by atoms with Crippen molar-refractivity contribution < 1.29 is 4.52 Å². The van der Waals surface area contributed by atoms with Gasteiger partial charge in [0.05, 0.1) is 11.7 Å². The van der Waals surface area contributed by atoms with Crippen LogP contribution in [0.25, 0.3) is 11.5 Å². The first-order chi connectivity index (χ1) is 7.66. The normalized spacial score (nSPS) is 13.2. The van der Waals surface area contributed by atoms with Crippen LogP contribution >= 0.6 is 0 Å². The molecule has 0 spiro atoms. The lowest BCUT2D eigenvalue weighted by Crippen LogP contribution is -2.13. The molecule has 0 aliphatic heterocycles. The van der Waals surface area contributed by atoms with Gasteiger partial charge in [-0.05, 0) is 24.5 Å². The lowest BCUT2D eigenvalue weighted by Gasteiger charge is -2.08. The second kappa shape index (κ2) is 4.49. The monoisotopic (exact) mass is 220 g/mol. The third kappa shape index (κ3) is 2.30. The van der Waals surface area contributed by atoms with E-state index >= 15 is 0 Å². The van der Waals surface area contributed by atoms with Crippen molar-refractivity contribution in [1.82, 2.24) is 15.1 Å². The van der Waals surface area contributed by atoms with Crippen molar-refractivity contribution in [3.8, 4) is 11.5 Å². The summed E-state index contributed by atoms with van der Waals surface area (Å²) in [5.74, 6) is 1.56. The average molecular weight is 220 g/mol. The number of hydrogen-bond donors (Lipinski definition) is 2. The van der Waals surface area contributed by atoms with Gasteiger partial charge in [-0.2, -0.15) is 4.98 Å². The molecule has 86 valence electrons. The van der Waals surface area contributed by atoms with Crippen LogP contribution in [0.4, 0.5) is 0 Å². The summed E-state index contributed by atoms with van der Waals surface area (Å²) >= 11 is 0. The van der Waals surface area contributed by atoms with Crippen molar-refractivity contribution in [2.24, 2.45) is 11.7 Å². The number of hydrogen-bond acceptors (Lipinski definition) is 4. The molecule has 0 aromatic carbocycles. The molecule has 5 heteroatoms. The van der Waals surface area contributed by atoms with Gasteiger partial charge in [-0.1, -0.05) is 19.0 Å². The van der Waals surface area contributed by atoms with Crippen molar-refractivity contribution in [3.63, 3.8) is 0 Å². The van der Waals surface area contributed by atoms with Crippen LogP contribution in [0, 0.1) is 5.92 Å². The van der Waals surface area contributed by atoms with Crippen LogP contribution in [0.5, 0.6) is 0 Å². The van der Waals surface area contributed by atoms with E-state index in [-0.39, 0.29) is 6.04 Å². The van der Waals surface area contributed by atoms with E-state index in [0.717, 1.165) is 12.1 Å². The molecule has 0 aliphatic rings. The molecule has 0 amide bonds. The number of rotatable bonds is 4. The molecule has 2 rings (SSSR count). The van der Waals surface area contributed by atoms with Gasteiger partial charge < -0.3 is 15.2 Å². The fourth-order valence-corrected chi connectivity index (χ4v) is 1.57. The summed E-state index contributed by atoms with van der Waals surface area (Å²) < 4.78 is 5.14. The summed E-state index contributed by atoms with van der Waals surface area (Å²) in [6.45, 7) is 4.23. The molecule has 0 unspecified atom stereocenters. The molecule has 2 aromatic heterocycles. The Kier molecular flexibility index (Phi) is 3.05. The molecule has 0 saturated carbocycles. The van der Waals surface area contributed by atoms with E-state index < -0.39 is 0 Å². The third-order valence-electron chi connectivity index (χ3n) is 2.32. The number of aromatic nitrogens is 3. The lowest BCUT2D eigenvalue weighted by atomic mass is 10.0. The van der Waals surface area contributed by atoms with Crippen molar-refractivity contribution in [2.45, 2.75) is 26.3 Å². The Morgan fingerprint density at radius 2 is 2.31 bits per heavy atom. The van der Waals surface area contributed by atoms with Crippen LogP contribution in [0.1, 0.15) is 32.2 Å². The van der Waals surface area contributed by atoms with Crippen LogP contribution in [-0.4, -0.2) is 15.1 Å². The maximum absolute atomic E-state index is 5.96. The molecule has 2 heterocycles. The van der Waals surface area contributed by atoms with E-state index in [0.29, 0.717) is 17.6 Å². The Balaban J connectivity index is 2.13. The van der Waals surface area contributed by atoms with E-state index in [2.05, 4.69) is 29.0 Å². The summed E-state index contributed by atoms with van der Waals surface area (Å²) in [6, 6.07) is 3.60. The Morgan fingerprint density at radius 3 is 2.94 bits per heavy atom. The fraction of sp³-hybridized carbons (Fsp3) is 0.455. The van der Waals surface area contributed by atoms with Gasteiger partial charge in [-0.25, -0.2) is 0 Å². The molecular weight excluding hydrogens is 204 g/mol. The average Bonchev–Trinajstić information content (AvgIpc) is 2.87. The summed E-state index contributed by atoms with van der Waals surface area (Å²) in [6.07, 6.45) is 2.66. The van der Waals surface area contributed by atoms with Gasteiger partial charge >= 0.3 is 0 Å². The number of H-pyrrole nitrogens is 1. The van der Waals surface area contributed by atoms with Gasteiger partial charge in [0.15, 0.2) is 0 Å². The van der Waals surface area contributed by atoms with Crippen LogP contribution in [-0.2, 0) is 0 Å². The molecule has 0 radical (unpaired) electrons. The Morgan fingerprint density at radius 1 is 1.50 bits per heavy atom. The van der Waals surface area contributed by atoms with E-state index in [4.69, 9.17) is 10.3 Å². The molecule has 16 heavy (non-hydrogen) atoms. The minimum atomic E-state index is -0.184. The summed E-state index contributed by atoms with van der Waals surface area (Å²) in [5.41, 5.74) is 6.80. The topological polar surface area (TPSA) is 80.7 Å². The molecule has 1 atom stereocenters. The van der Waals surface area contributed by atoms with Gasteiger partial charge in [-0.15, -0.1) is 0 Å². The smallest absolute Gasteiger partial charge is 0.243 e. The highest BCUT2D eigenvalue weighted by atomic mass is 16.5. The lowest BCUT2D eigenvalue weighted by molar-refractivity contribution is 0.335. The summed E-state index contributed by atoms with van der Waals surface area (Å²) in [4.78, 5) is 7.29. The highest BCUT2D eigenvalue weighted by Gasteiger charge is 2.16. The van der Waals surface area contributed by atoms with Crippen molar-refractivity contribution in [1.29, 1.82) is 0 Å². The van der Waals surface area contributed by atoms with Gasteiger partial charge in [0.1, 0.15) is 0 Å². The summed E-state index contributed by atoms with van der Waals surface area (Å²) in [5, 5.41) is 3.89. The molecule has 0 fully saturated rings. The van der Waals surface area contributed by atoms with Crippen molar-refractivity contribution in [2.75, 3.05) is 0 Å². The second-order valence-corrected chi connectivity index (χ2v) is 4.28. The molecule has 0 bridgehead atoms. The first-order valence-corrected chi connectivity index (χ1v) is 5.39. The van der Waals surface area contributed by atoms with E-state index in [1.54, 1.807) is 0 Å². The molecule has 2 aromatic rings. The third-order valence-corrected chi connectivity index (χ3v) is 2.32. The van der Waals surface area contributed by atoms with Gasteiger partial charge in [0, 0.05) is 6.20 Å². The first-order valence-electron chi connectivity index (χ1n) is 5.39. The van der Waals surface area contributed by atoms with E-state index in [9.17, 15) is 0 Å². The van der Waals surface area contributed by atoms with Crippen LogP contribution < -0.4 is 5.73 Å². The summed E-state index contributed by atoms with van der Waals surface area (Å²) in [7, 11) is 0. The zero-order chi connectivity index (χ0) is 11.5. The quantitative estimate of drug-likeness (QED) is 0.826. The first kappa shape index (κ1) is 10.9. The Labute approximate surface area is 94.0 Å². The van der Waals surface area contributed by atoms with Crippen LogP contribution in [0.15, 0.2) is 22.9 Å². The predicted octanol–water partition coefficient (Wildman–Crippen LogP) is 2.11. The number of nitrogens with two attached hydrogens (primary N) is 1. The molecule has 0 aliphatic carbocycles. The number of nitrogens with one attached hydrogen (secondary N) is 1. The number of aromatic amines is 1. The van der Waals surface area contributed by atoms with Crippen molar-refractivity contribution in [3.05, 3.63) is 24.2 Å². The standard InChI is InChI=1S/C11H16N4O/c1-7(2)6-8(12)11-14-10(15-16-11)9-4-3-5-13-9/h3-5,7-8,13H,6,12H2,1-2H3/t8-/m0/s1. The van der Waals surface area contributed by atoms with Crippen LogP contribution in [0.3, 0.4) is 0 Å².